The molecule has 1 aromatic heterocycles. The lowest BCUT2D eigenvalue weighted by molar-refractivity contribution is -0.119. The summed E-state index contributed by atoms with van der Waals surface area (Å²) in [6.45, 7) is 6.39. The van der Waals surface area contributed by atoms with Crippen LogP contribution in [0.3, 0.4) is 0 Å². The van der Waals surface area contributed by atoms with E-state index in [1.165, 1.54) is 11.3 Å². The first-order valence-electron chi connectivity index (χ1n) is 8.61. The van der Waals surface area contributed by atoms with Crippen LogP contribution in [0, 0.1) is 5.92 Å². The second kappa shape index (κ2) is 7.45. The van der Waals surface area contributed by atoms with E-state index >= 15 is 0 Å². The molecule has 0 saturated carbocycles. The molecule has 2 aromatic rings. The van der Waals surface area contributed by atoms with Gasteiger partial charge in [0.15, 0.2) is 5.13 Å². The fourth-order valence-corrected chi connectivity index (χ4v) is 3.47. The van der Waals surface area contributed by atoms with Crippen LogP contribution in [-0.2, 0) is 9.53 Å². The topological polar surface area (TPSA) is 71.5 Å². The molecule has 1 aliphatic heterocycles. The van der Waals surface area contributed by atoms with E-state index < -0.39 is 5.60 Å². The van der Waals surface area contributed by atoms with Crippen molar-refractivity contribution < 1.29 is 14.3 Å². The molecular weight excluding hydrogens is 350 g/mol. The van der Waals surface area contributed by atoms with Gasteiger partial charge in [0.1, 0.15) is 5.60 Å². The summed E-state index contributed by atoms with van der Waals surface area (Å²) < 4.78 is 5.37. The quantitative estimate of drug-likeness (QED) is 0.882. The van der Waals surface area contributed by atoms with Crippen molar-refractivity contribution in [3.8, 4) is 11.3 Å². The van der Waals surface area contributed by atoms with E-state index in [2.05, 4.69) is 10.3 Å². The van der Waals surface area contributed by atoms with Gasteiger partial charge in [0, 0.05) is 24.0 Å². The fourth-order valence-electron chi connectivity index (χ4n) is 2.75. The Balaban J connectivity index is 1.56. The van der Waals surface area contributed by atoms with Crippen molar-refractivity contribution in [1.29, 1.82) is 0 Å². The van der Waals surface area contributed by atoms with E-state index in [9.17, 15) is 9.59 Å². The summed E-state index contributed by atoms with van der Waals surface area (Å²) in [5, 5.41) is 5.37. The average Bonchev–Trinajstić information content (AvgIpc) is 3.23. The first-order chi connectivity index (χ1) is 12.3. The van der Waals surface area contributed by atoms with Gasteiger partial charge in [0.05, 0.1) is 11.6 Å². The lowest BCUT2D eigenvalue weighted by Crippen LogP contribution is -2.36. The molecule has 1 N–H and O–H groups in total. The van der Waals surface area contributed by atoms with E-state index in [1.807, 2.05) is 56.5 Å². The van der Waals surface area contributed by atoms with Gasteiger partial charge in [0.25, 0.3) is 0 Å². The number of likely N-dealkylation sites (tertiary alicyclic amines) is 1. The molecule has 1 fully saturated rings. The van der Waals surface area contributed by atoms with E-state index in [4.69, 9.17) is 4.74 Å². The summed E-state index contributed by atoms with van der Waals surface area (Å²) in [5.74, 6) is -0.350. The predicted molar refractivity (Wildman–Crippen MR) is 102 cm³/mol. The molecule has 0 spiro atoms. The number of aromatic nitrogens is 1. The summed E-state index contributed by atoms with van der Waals surface area (Å²) in [6.07, 6.45) is 0.260. The maximum atomic E-state index is 12.5. The molecule has 138 valence electrons. The standard InChI is InChI=1S/C19H23N3O3S/c1-19(2,3)25-18(24)22-10-9-14(11-22)16(23)21-17-20-15(12-26-17)13-7-5-4-6-8-13/h4-8,12,14H,9-11H2,1-3H3,(H,20,21,23)/t14-/m0/s1. The minimum Gasteiger partial charge on any atom is -0.444 e. The smallest absolute Gasteiger partial charge is 0.410 e. The van der Waals surface area contributed by atoms with E-state index in [0.717, 1.165) is 11.3 Å². The second-order valence-corrected chi connectivity index (χ2v) is 8.16. The van der Waals surface area contributed by atoms with Crippen LogP contribution in [-0.4, -0.2) is 40.6 Å². The third-order valence-corrected chi connectivity index (χ3v) is 4.77. The van der Waals surface area contributed by atoms with Crippen LogP contribution in [0.5, 0.6) is 0 Å². The van der Waals surface area contributed by atoms with Gasteiger partial charge in [-0.15, -0.1) is 11.3 Å². The molecule has 2 heterocycles. The van der Waals surface area contributed by atoms with Gasteiger partial charge in [-0.1, -0.05) is 30.3 Å². The Hall–Kier alpha value is -2.41. The zero-order chi connectivity index (χ0) is 18.7. The van der Waals surface area contributed by atoms with Crippen LogP contribution < -0.4 is 5.32 Å². The van der Waals surface area contributed by atoms with E-state index in [-0.39, 0.29) is 17.9 Å². The Labute approximate surface area is 157 Å². The maximum absolute atomic E-state index is 12.5. The molecule has 26 heavy (non-hydrogen) atoms. The summed E-state index contributed by atoms with van der Waals surface area (Å²) in [5.41, 5.74) is 1.32. The zero-order valence-corrected chi connectivity index (χ0v) is 16.0. The zero-order valence-electron chi connectivity index (χ0n) is 15.2. The molecule has 1 saturated heterocycles. The summed E-state index contributed by atoms with van der Waals surface area (Å²) in [6, 6.07) is 9.83. The highest BCUT2D eigenvalue weighted by Crippen LogP contribution is 2.26. The van der Waals surface area contributed by atoms with Gasteiger partial charge >= 0.3 is 6.09 Å². The summed E-state index contributed by atoms with van der Waals surface area (Å²) in [4.78, 5) is 30.7. The minimum absolute atomic E-state index is 0.106. The Morgan fingerprint density at radius 2 is 2.00 bits per heavy atom. The Bertz CT molecular complexity index is 783. The number of rotatable bonds is 3. The molecule has 1 aromatic carbocycles. The van der Waals surface area contributed by atoms with Crippen molar-refractivity contribution in [3.05, 3.63) is 35.7 Å². The molecular formula is C19H23N3O3S. The van der Waals surface area contributed by atoms with Gasteiger partial charge in [-0.2, -0.15) is 0 Å². The number of hydrogen-bond donors (Lipinski definition) is 1. The largest absolute Gasteiger partial charge is 0.444 e. The van der Waals surface area contributed by atoms with Gasteiger partial charge in [-0.25, -0.2) is 9.78 Å². The van der Waals surface area contributed by atoms with Crippen molar-refractivity contribution >= 4 is 28.5 Å². The van der Waals surface area contributed by atoms with E-state index in [0.29, 0.717) is 24.6 Å². The van der Waals surface area contributed by atoms with Crippen molar-refractivity contribution in [2.24, 2.45) is 5.92 Å². The van der Waals surface area contributed by atoms with Crippen molar-refractivity contribution in [2.75, 3.05) is 18.4 Å². The number of anilines is 1. The van der Waals surface area contributed by atoms with Crippen molar-refractivity contribution in [2.45, 2.75) is 32.8 Å². The van der Waals surface area contributed by atoms with Gasteiger partial charge in [-0.05, 0) is 27.2 Å². The Morgan fingerprint density at radius 3 is 2.69 bits per heavy atom. The predicted octanol–water partition coefficient (Wildman–Crippen LogP) is 4.01. The molecule has 0 radical (unpaired) electrons. The fraction of sp³-hybridized carbons (Fsp3) is 0.421. The molecule has 1 aliphatic rings. The van der Waals surface area contributed by atoms with Crippen LogP contribution in [0.2, 0.25) is 0 Å². The van der Waals surface area contributed by atoms with Gasteiger partial charge in [-0.3, -0.25) is 4.79 Å². The number of ether oxygens (including phenoxy) is 1. The molecule has 2 amide bonds. The monoisotopic (exact) mass is 373 g/mol. The lowest BCUT2D eigenvalue weighted by Gasteiger charge is -2.24. The highest BCUT2D eigenvalue weighted by molar-refractivity contribution is 7.14. The van der Waals surface area contributed by atoms with Crippen molar-refractivity contribution in [1.82, 2.24) is 9.88 Å². The van der Waals surface area contributed by atoms with Gasteiger partial charge in [0.2, 0.25) is 5.91 Å². The first-order valence-corrected chi connectivity index (χ1v) is 9.49. The third-order valence-electron chi connectivity index (χ3n) is 4.01. The third kappa shape index (κ3) is 4.60. The number of hydrogen-bond acceptors (Lipinski definition) is 5. The number of nitrogens with one attached hydrogen (secondary N) is 1. The van der Waals surface area contributed by atoms with Gasteiger partial charge < -0.3 is 15.0 Å². The van der Waals surface area contributed by atoms with Crippen LogP contribution in [0.4, 0.5) is 9.93 Å². The lowest BCUT2D eigenvalue weighted by atomic mass is 10.1. The second-order valence-electron chi connectivity index (χ2n) is 7.31. The molecule has 0 unspecified atom stereocenters. The highest BCUT2D eigenvalue weighted by atomic mass is 32.1. The van der Waals surface area contributed by atoms with Crippen LogP contribution in [0.1, 0.15) is 27.2 Å². The molecule has 6 nitrogen and oxygen atoms in total. The number of benzene rings is 1. The van der Waals surface area contributed by atoms with Crippen molar-refractivity contribution in [3.63, 3.8) is 0 Å². The first kappa shape index (κ1) is 18.4. The van der Waals surface area contributed by atoms with Crippen LogP contribution >= 0.6 is 11.3 Å². The molecule has 1 atom stereocenters. The number of amides is 2. The summed E-state index contributed by atoms with van der Waals surface area (Å²) in [7, 11) is 0. The number of carbonyl (C=O) groups excluding carboxylic acids is 2. The molecule has 0 bridgehead atoms. The summed E-state index contributed by atoms with van der Waals surface area (Å²) >= 11 is 1.40. The number of nitrogens with zero attached hydrogens (tertiary/aromatic N) is 2. The number of thiazole rings is 1. The molecule has 3 rings (SSSR count). The normalized spacial score (nSPS) is 17.2. The molecule has 7 heteroatoms. The van der Waals surface area contributed by atoms with Crippen LogP contribution in [0.25, 0.3) is 11.3 Å². The molecule has 0 aliphatic carbocycles. The Morgan fingerprint density at radius 1 is 1.27 bits per heavy atom. The SMILES string of the molecule is CC(C)(C)OC(=O)N1CC[C@H](C(=O)Nc2nc(-c3ccccc3)cs2)C1. The van der Waals surface area contributed by atoms with Crippen LogP contribution in [0.15, 0.2) is 35.7 Å². The van der Waals surface area contributed by atoms with E-state index in [1.54, 1.807) is 4.90 Å². The Kier molecular flexibility index (Phi) is 5.27. The average molecular weight is 373 g/mol. The highest BCUT2D eigenvalue weighted by Gasteiger charge is 2.33. The number of carbonyl (C=O) groups is 2. The minimum atomic E-state index is -0.536. The maximum Gasteiger partial charge on any atom is 0.410 e.